The van der Waals surface area contributed by atoms with Crippen LogP contribution in [0.3, 0.4) is 0 Å². The number of anilines is 1. The molecule has 1 heterocycles. The Bertz CT molecular complexity index is 586. The van der Waals surface area contributed by atoms with Crippen LogP contribution in [0.15, 0.2) is 18.2 Å². The van der Waals surface area contributed by atoms with Gasteiger partial charge in [-0.25, -0.2) is 4.39 Å². The lowest BCUT2D eigenvalue weighted by atomic mass is 10.1. The molecule has 22 heavy (non-hydrogen) atoms. The molecule has 0 aromatic heterocycles. The van der Waals surface area contributed by atoms with Crippen molar-refractivity contribution in [2.24, 2.45) is 5.92 Å². The van der Waals surface area contributed by atoms with Gasteiger partial charge in [-0.1, -0.05) is 19.9 Å². The Morgan fingerprint density at radius 2 is 2.05 bits per heavy atom. The molecule has 1 aromatic rings. The molecule has 120 valence electrons. The van der Waals surface area contributed by atoms with E-state index in [-0.39, 0.29) is 23.5 Å². The van der Waals surface area contributed by atoms with Crippen molar-refractivity contribution in [1.29, 1.82) is 0 Å². The maximum absolute atomic E-state index is 13.7. The normalized spacial score (nSPS) is 19.0. The molecule has 2 amide bonds. The van der Waals surface area contributed by atoms with Crippen LogP contribution in [0, 0.1) is 18.7 Å². The summed E-state index contributed by atoms with van der Waals surface area (Å²) in [5.74, 6) is -0.215. The lowest BCUT2D eigenvalue weighted by molar-refractivity contribution is -0.141. The van der Waals surface area contributed by atoms with Gasteiger partial charge in [0.05, 0.1) is 0 Å². The molecule has 0 aliphatic carbocycles. The Kier molecular flexibility index (Phi) is 4.84. The largest absolute Gasteiger partial charge is 0.329 e. The van der Waals surface area contributed by atoms with E-state index in [0.717, 1.165) is 0 Å². The summed E-state index contributed by atoms with van der Waals surface area (Å²) in [5.41, 5.74) is 1.10. The third kappa shape index (κ3) is 3.29. The second kappa shape index (κ2) is 6.46. The second-order valence-electron chi connectivity index (χ2n) is 6.28. The summed E-state index contributed by atoms with van der Waals surface area (Å²) in [7, 11) is 0. The van der Waals surface area contributed by atoms with Gasteiger partial charge in [0.1, 0.15) is 11.9 Å². The SMILES string of the molecule is Cc1ccc(N2CCN(C(=O)CC(C)C)C(C)C2=O)cc1F. The number of aryl methyl sites for hydroxylation is 1. The van der Waals surface area contributed by atoms with E-state index < -0.39 is 6.04 Å². The molecule has 0 spiro atoms. The Morgan fingerprint density at radius 3 is 2.64 bits per heavy atom. The first kappa shape index (κ1) is 16.5. The molecule has 0 N–H and O–H groups in total. The van der Waals surface area contributed by atoms with Gasteiger partial charge in [0.2, 0.25) is 11.8 Å². The van der Waals surface area contributed by atoms with E-state index >= 15 is 0 Å². The molecule has 1 aliphatic rings. The van der Waals surface area contributed by atoms with Crippen LogP contribution in [-0.4, -0.2) is 35.8 Å². The Morgan fingerprint density at radius 1 is 1.36 bits per heavy atom. The number of hydrogen-bond acceptors (Lipinski definition) is 2. The third-order valence-corrected chi connectivity index (χ3v) is 4.03. The second-order valence-corrected chi connectivity index (χ2v) is 6.28. The van der Waals surface area contributed by atoms with Crippen molar-refractivity contribution in [2.75, 3.05) is 18.0 Å². The number of nitrogens with zero attached hydrogens (tertiary/aromatic N) is 2. The molecular weight excluding hydrogens is 283 g/mol. The van der Waals surface area contributed by atoms with Crippen LogP contribution in [0.25, 0.3) is 0 Å². The molecule has 5 heteroatoms. The predicted octanol–water partition coefficient (Wildman–Crippen LogP) is 2.74. The van der Waals surface area contributed by atoms with Gasteiger partial charge in [-0.15, -0.1) is 0 Å². The highest BCUT2D eigenvalue weighted by Gasteiger charge is 2.35. The molecule has 1 unspecified atom stereocenters. The van der Waals surface area contributed by atoms with Gasteiger partial charge in [-0.05, 0) is 37.5 Å². The predicted molar refractivity (Wildman–Crippen MR) is 84.1 cm³/mol. The van der Waals surface area contributed by atoms with Crippen molar-refractivity contribution >= 4 is 17.5 Å². The summed E-state index contributed by atoms with van der Waals surface area (Å²) in [6, 6.07) is 4.28. The Balaban J connectivity index is 2.15. The summed E-state index contributed by atoms with van der Waals surface area (Å²) < 4.78 is 13.7. The molecule has 1 aromatic carbocycles. The van der Waals surface area contributed by atoms with Crippen LogP contribution in [0.5, 0.6) is 0 Å². The van der Waals surface area contributed by atoms with E-state index in [9.17, 15) is 14.0 Å². The molecule has 2 rings (SSSR count). The number of carbonyl (C=O) groups excluding carboxylic acids is 2. The average Bonchev–Trinajstić information content (AvgIpc) is 2.44. The summed E-state index contributed by atoms with van der Waals surface area (Å²) in [6.45, 7) is 8.26. The first-order valence-corrected chi connectivity index (χ1v) is 7.68. The van der Waals surface area contributed by atoms with Gasteiger partial charge < -0.3 is 9.80 Å². The number of piperazine rings is 1. The summed E-state index contributed by atoms with van der Waals surface area (Å²) in [4.78, 5) is 27.9. The minimum atomic E-state index is -0.510. The van der Waals surface area contributed by atoms with Crippen molar-refractivity contribution in [1.82, 2.24) is 4.90 Å². The molecule has 0 radical (unpaired) electrons. The van der Waals surface area contributed by atoms with Crippen molar-refractivity contribution < 1.29 is 14.0 Å². The highest BCUT2D eigenvalue weighted by atomic mass is 19.1. The molecule has 1 aliphatic heterocycles. The third-order valence-electron chi connectivity index (χ3n) is 4.03. The summed E-state index contributed by atoms with van der Waals surface area (Å²) in [6.07, 6.45) is 0.441. The van der Waals surface area contributed by atoms with Crippen LogP contribution >= 0.6 is 0 Å². The number of rotatable bonds is 3. The van der Waals surface area contributed by atoms with E-state index in [1.165, 1.54) is 6.07 Å². The van der Waals surface area contributed by atoms with Crippen LogP contribution in [0.4, 0.5) is 10.1 Å². The Labute approximate surface area is 130 Å². The molecular formula is C17H23FN2O2. The van der Waals surface area contributed by atoms with Crippen LogP contribution in [-0.2, 0) is 9.59 Å². The smallest absolute Gasteiger partial charge is 0.249 e. The molecule has 1 fully saturated rings. The van der Waals surface area contributed by atoms with Gasteiger partial charge in [-0.3, -0.25) is 9.59 Å². The standard InChI is InChI=1S/C17H23FN2O2/c1-11(2)9-16(21)19-7-8-20(17(22)13(19)4)14-6-5-12(3)15(18)10-14/h5-6,10-11,13H,7-9H2,1-4H3. The van der Waals surface area contributed by atoms with Crippen molar-refractivity contribution in [3.8, 4) is 0 Å². The average molecular weight is 306 g/mol. The van der Waals surface area contributed by atoms with E-state index in [1.54, 1.807) is 35.8 Å². The van der Waals surface area contributed by atoms with Crippen molar-refractivity contribution in [2.45, 2.75) is 40.2 Å². The lowest BCUT2D eigenvalue weighted by Crippen LogP contribution is -2.58. The summed E-state index contributed by atoms with van der Waals surface area (Å²) in [5, 5.41) is 0. The lowest BCUT2D eigenvalue weighted by Gasteiger charge is -2.39. The number of carbonyl (C=O) groups is 2. The maximum Gasteiger partial charge on any atom is 0.249 e. The van der Waals surface area contributed by atoms with E-state index in [4.69, 9.17) is 0 Å². The zero-order chi connectivity index (χ0) is 16.4. The zero-order valence-corrected chi connectivity index (χ0v) is 13.6. The minimum Gasteiger partial charge on any atom is -0.329 e. The molecule has 1 atom stereocenters. The molecule has 0 saturated carbocycles. The first-order valence-electron chi connectivity index (χ1n) is 7.68. The first-order chi connectivity index (χ1) is 10.3. The fourth-order valence-electron chi connectivity index (χ4n) is 2.68. The van der Waals surface area contributed by atoms with Gasteiger partial charge in [0.25, 0.3) is 0 Å². The van der Waals surface area contributed by atoms with E-state index in [0.29, 0.717) is 30.8 Å². The molecule has 1 saturated heterocycles. The number of amides is 2. The highest BCUT2D eigenvalue weighted by molar-refractivity contribution is 6.00. The van der Waals surface area contributed by atoms with Crippen LogP contribution in [0.2, 0.25) is 0 Å². The number of benzene rings is 1. The fourth-order valence-corrected chi connectivity index (χ4v) is 2.68. The van der Waals surface area contributed by atoms with Crippen molar-refractivity contribution in [3.63, 3.8) is 0 Å². The van der Waals surface area contributed by atoms with Crippen LogP contribution in [0.1, 0.15) is 32.8 Å². The Hall–Kier alpha value is -1.91. The zero-order valence-electron chi connectivity index (χ0n) is 13.6. The van der Waals surface area contributed by atoms with Crippen molar-refractivity contribution in [3.05, 3.63) is 29.6 Å². The summed E-state index contributed by atoms with van der Waals surface area (Å²) >= 11 is 0. The topological polar surface area (TPSA) is 40.6 Å². The van der Waals surface area contributed by atoms with Gasteiger partial charge in [-0.2, -0.15) is 0 Å². The fraction of sp³-hybridized carbons (Fsp3) is 0.529. The quantitative estimate of drug-likeness (QED) is 0.861. The molecule has 4 nitrogen and oxygen atoms in total. The van der Waals surface area contributed by atoms with E-state index in [2.05, 4.69) is 0 Å². The highest BCUT2D eigenvalue weighted by Crippen LogP contribution is 2.23. The monoisotopic (exact) mass is 306 g/mol. The minimum absolute atomic E-state index is 0.00517. The van der Waals surface area contributed by atoms with Gasteiger partial charge in [0, 0.05) is 25.2 Å². The van der Waals surface area contributed by atoms with Crippen LogP contribution < -0.4 is 4.90 Å². The van der Waals surface area contributed by atoms with E-state index in [1.807, 2.05) is 13.8 Å². The maximum atomic E-state index is 13.7. The number of halogens is 1. The number of hydrogen-bond donors (Lipinski definition) is 0. The van der Waals surface area contributed by atoms with Gasteiger partial charge in [0.15, 0.2) is 0 Å². The van der Waals surface area contributed by atoms with Gasteiger partial charge >= 0.3 is 0 Å². The molecule has 0 bridgehead atoms.